The zero-order chi connectivity index (χ0) is 9.42. The van der Waals surface area contributed by atoms with E-state index < -0.39 is 0 Å². The van der Waals surface area contributed by atoms with E-state index in [1.54, 1.807) is 17.4 Å². The highest BCUT2D eigenvalue weighted by Gasteiger charge is 2.06. The first kappa shape index (κ1) is 8.51. The summed E-state index contributed by atoms with van der Waals surface area (Å²) in [6, 6.07) is 5.22. The summed E-state index contributed by atoms with van der Waals surface area (Å²) in [5.74, 6) is 0.0159. The minimum atomic E-state index is -0.298. The van der Waals surface area contributed by atoms with Gasteiger partial charge >= 0.3 is 0 Å². The van der Waals surface area contributed by atoms with E-state index in [0.29, 0.717) is 5.75 Å². The van der Waals surface area contributed by atoms with Crippen LogP contribution in [0.1, 0.15) is 4.88 Å². The van der Waals surface area contributed by atoms with Crippen molar-refractivity contribution in [1.82, 2.24) is 0 Å². The average molecular weight is 196 g/mol. The molecule has 1 aromatic heterocycles. The highest BCUT2D eigenvalue weighted by Crippen LogP contribution is 2.30. The number of thiophene rings is 1. The van der Waals surface area contributed by atoms with Gasteiger partial charge in [-0.25, -0.2) is 4.39 Å². The maximum Gasteiger partial charge on any atom is 0.165 e. The van der Waals surface area contributed by atoms with E-state index >= 15 is 0 Å². The Kier molecular flexibility index (Phi) is 1.96. The molecular formula is C10H9FOS. The van der Waals surface area contributed by atoms with Crippen LogP contribution < -0.4 is 4.74 Å². The van der Waals surface area contributed by atoms with E-state index in [-0.39, 0.29) is 5.82 Å². The van der Waals surface area contributed by atoms with Crippen LogP contribution in [0.25, 0.3) is 10.1 Å². The van der Waals surface area contributed by atoms with Crippen LogP contribution in [-0.2, 0) is 0 Å². The van der Waals surface area contributed by atoms with Gasteiger partial charge in [-0.15, -0.1) is 11.3 Å². The van der Waals surface area contributed by atoms with Crippen LogP contribution in [0.4, 0.5) is 4.39 Å². The van der Waals surface area contributed by atoms with Gasteiger partial charge in [-0.1, -0.05) is 0 Å². The van der Waals surface area contributed by atoms with E-state index in [9.17, 15) is 4.39 Å². The Morgan fingerprint density at radius 3 is 2.77 bits per heavy atom. The number of methoxy groups -OCH3 is 1. The molecule has 0 aliphatic rings. The first-order valence-corrected chi connectivity index (χ1v) is 4.76. The Bertz CT molecular complexity index is 447. The first-order valence-electron chi connectivity index (χ1n) is 3.94. The Labute approximate surface area is 79.8 Å². The van der Waals surface area contributed by atoms with Gasteiger partial charge in [0, 0.05) is 15.6 Å². The number of rotatable bonds is 1. The second-order valence-corrected chi connectivity index (χ2v) is 4.17. The molecule has 2 aromatic rings. The molecule has 0 aliphatic heterocycles. The summed E-state index contributed by atoms with van der Waals surface area (Å²) in [7, 11) is 1.48. The van der Waals surface area contributed by atoms with Crippen LogP contribution in [0.15, 0.2) is 18.2 Å². The topological polar surface area (TPSA) is 9.23 Å². The second-order valence-electron chi connectivity index (χ2n) is 2.88. The second kappa shape index (κ2) is 3.00. The molecule has 0 atom stereocenters. The minimum Gasteiger partial charge on any atom is -0.494 e. The minimum absolute atomic E-state index is 0.298. The fourth-order valence-electron chi connectivity index (χ4n) is 1.33. The van der Waals surface area contributed by atoms with Gasteiger partial charge < -0.3 is 4.74 Å². The summed E-state index contributed by atoms with van der Waals surface area (Å²) in [5.41, 5.74) is 0. The van der Waals surface area contributed by atoms with Crippen molar-refractivity contribution in [3.63, 3.8) is 0 Å². The molecule has 0 amide bonds. The summed E-state index contributed by atoms with van der Waals surface area (Å²) < 4.78 is 19.2. The molecule has 0 spiro atoms. The Balaban J connectivity index is 2.72. The standard InChI is InChI=1S/C10H9FOS/c1-6-3-7-4-8(11)9(12-2)5-10(7)13-6/h3-5H,1-2H3. The van der Waals surface area contributed by atoms with Crippen LogP contribution in [-0.4, -0.2) is 7.11 Å². The number of fused-ring (bicyclic) bond motifs is 1. The van der Waals surface area contributed by atoms with Crippen LogP contribution in [0, 0.1) is 12.7 Å². The molecule has 1 heterocycles. The lowest BCUT2D eigenvalue weighted by molar-refractivity contribution is 0.387. The van der Waals surface area contributed by atoms with E-state index in [0.717, 1.165) is 10.1 Å². The number of halogens is 1. The van der Waals surface area contributed by atoms with Crippen molar-refractivity contribution in [3.05, 3.63) is 28.9 Å². The lowest BCUT2D eigenvalue weighted by Crippen LogP contribution is -1.86. The predicted molar refractivity (Wildman–Crippen MR) is 53.1 cm³/mol. The van der Waals surface area contributed by atoms with Crippen LogP contribution in [0.3, 0.4) is 0 Å². The van der Waals surface area contributed by atoms with Gasteiger partial charge in [-0.05, 0) is 24.4 Å². The van der Waals surface area contributed by atoms with Gasteiger partial charge in [0.05, 0.1) is 7.11 Å². The van der Waals surface area contributed by atoms with Gasteiger partial charge in [0.2, 0.25) is 0 Å². The van der Waals surface area contributed by atoms with E-state index in [1.165, 1.54) is 18.1 Å². The van der Waals surface area contributed by atoms with Crippen molar-refractivity contribution in [2.45, 2.75) is 6.92 Å². The van der Waals surface area contributed by atoms with Gasteiger partial charge in [0.1, 0.15) is 0 Å². The highest BCUT2D eigenvalue weighted by molar-refractivity contribution is 7.19. The van der Waals surface area contributed by atoms with Crippen molar-refractivity contribution in [2.75, 3.05) is 7.11 Å². The number of hydrogen-bond donors (Lipinski definition) is 0. The summed E-state index contributed by atoms with van der Waals surface area (Å²) in [6.07, 6.45) is 0. The summed E-state index contributed by atoms with van der Waals surface area (Å²) in [4.78, 5) is 1.18. The molecule has 68 valence electrons. The molecule has 1 aromatic carbocycles. The molecule has 0 N–H and O–H groups in total. The Morgan fingerprint density at radius 1 is 1.31 bits per heavy atom. The zero-order valence-electron chi connectivity index (χ0n) is 7.43. The third-order valence-electron chi connectivity index (χ3n) is 1.91. The Hall–Kier alpha value is -1.09. The van der Waals surface area contributed by atoms with Gasteiger partial charge in [-0.2, -0.15) is 0 Å². The monoisotopic (exact) mass is 196 g/mol. The molecule has 2 rings (SSSR count). The normalized spacial score (nSPS) is 10.7. The summed E-state index contributed by atoms with van der Waals surface area (Å²) in [5, 5.41) is 0.945. The van der Waals surface area contributed by atoms with Crippen LogP contribution >= 0.6 is 11.3 Å². The van der Waals surface area contributed by atoms with Gasteiger partial charge in [0.25, 0.3) is 0 Å². The number of ether oxygens (including phenoxy) is 1. The molecular weight excluding hydrogens is 187 g/mol. The quantitative estimate of drug-likeness (QED) is 0.679. The maximum atomic E-state index is 13.2. The smallest absolute Gasteiger partial charge is 0.165 e. The average Bonchev–Trinajstić information content (AvgIpc) is 2.42. The van der Waals surface area contributed by atoms with E-state index in [1.807, 2.05) is 13.0 Å². The molecule has 1 nitrogen and oxygen atoms in total. The van der Waals surface area contributed by atoms with Gasteiger partial charge in [0.15, 0.2) is 11.6 Å². The number of hydrogen-bond acceptors (Lipinski definition) is 2. The molecule has 13 heavy (non-hydrogen) atoms. The number of benzene rings is 1. The van der Waals surface area contributed by atoms with Crippen LogP contribution in [0.2, 0.25) is 0 Å². The Morgan fingerprint density at radius 2 is 2.08 bits per heavy atom. The summed E-state index contributed by atoms with van der Waals surface area (Å²) in [6.45, 7) is 2.01. The predicted octanol–water partition coefficient (Wildman–Crippen LogP) is 3.36. The summed E-state index contributed by atoms with van der Waals surface area (Å²) >= 11 is 1.64. The molecule has 0 aliphatic carbocycles. The molecule has 0 saturated carbocycles. The fourth-order valence-corrected chi connectivity index (χ4v) is 2.26. The van der Waals surface area contributed by atoms with Crippen molar-refractivity contribution in [1.29, 1.82) is 0 Å². The first-order chi connectivity index (χ1) is 6.20. The van der Waals surface area contributed by atoms with Crippen LogP contribution in [0.5, 0.6) is 5.75 Å². The van der Waals surface area contributed by atoms with Crippen molar-refractivity contribution in [2.24, 2.45) is 0 Å². The largest absolute Gasteiger partial charge is 0.494 e. The third-order valence-corrected chi connectivity index (χ3v) is 2.93. The van der Waals surface area contributed by atoms with E-state index in [4.69, 9.17) is 4.74 Å². The lowest BCUT2D eigenvalue weighted by atomic mass is 10.2. The molecule has 0 fully saturated rings. The van der Waals surface area contributed by atoms with Crippen molar-refractivity contribution in [3.8, 4) is 5.75 Å². The highest BCUT2D eigenvalue weighted by atomic mass is 32.1. The SMILES string of the molecule is COc1cc2sc(C)cc2cc1F. The molecule has 0 saturated heterocycles. The van der Waals surface area contributed by atoms with Gasteiger partial charge in [-0.3, -0.25) is 0 Å². The maximum absolute atomic E-state index is 13.2. The zero-order valence-corrected chi connectivity index (χ0v) is 8.24. The molecule has 3 heteroatoms. The molecule has 0 unspecified atom stereocenters. The third kappa shape index (κ3) is 1.40. The van der Waals surface area contributed by atoms with Crippen molar-refractivity contribution < 1.29 is 9.13 Å². The van der Waals surface area contributed by atoms with E-state index in [2.05, 4.69) is 0 Å². The molecule has 0 radical (unpaired) electrons. The molecule has 0 bridgehead atoms. The van der Waals surface area contributed by atoms with Crippen molar-refractivity contribution >= 4 is 21.4 Å². The number of aryl methyl sites for hydroxylation is 1. The lowest BCUT2D eigenvalue weighted by Gasteiger charge is -2.00. The fraction of sp³-hybridized carbons (Fsp3) is 0.200.